The van der Waals surface area contributed by atoms with Crippen LogP contribution in [0, 0.1) is 5.41 Å². The van der Waals surface area contributed by atoms with Gasteiger partial charge in [-0.25, -0.2) is 0 Å². The summed E-state index contributed by atoms with van der Waals surface area (Å²) in [7, 11) is 0. The first kappa shape index (κ1) is 16.4. The van der Waals surface area contributed by atoms with Gasteiger partial charge in [-0.1, -0.05) is 13.8 Å². The Morgan fingerprint density at radius 2 is 2.05 bits per heavy atom. The molecular weight excluding hydrogens is 252 g/mol. The molecule has 1 amide bonds. The van der Waals surface area contributed by atoms with Crippen molar-refractivity contribution in [2.45, 2.75) is 33.6 Å². The summed E-state index contributed by atoms with van der Waals surface area (Å²) in [6.45, 7) is 8.25. The molecule has 0 bridgehead atoms. The van der Waals surface area contributed by atoms with Gasteiger partial charge in [0.2, 0.25) is 0 Å². The number of carbonyl (C=O) groups is 1. The van der Waals surface area contributed by atoms with Crippen LogP contribution in [0.2, 0.25) is 0 Å². The van der Waals surface area contributed by atoms with Gasteiger partial charge in [-0.2, -0.15) is 0 Å². The Hall–Kier alpha value is -1.62. The number of anilines is 1. The molecule has 0 aliphatic carbocycles. The van der Waals surface area contributed by atoms with Crippen molar-refractivity contribution < 1.29 is 4.79 Å². The number of carbonyl (C=O) groups excluding carboxylic acids is 1. The molecule has 1 aromatic rings. The Morgan fingerprint density at radius 1 is 1.35 bits per heavy atom. The third-order valence-electron chi connectivity index (χ3n) is 3.93. The molecule has 0 aliphatic heterocycles. The summed E-state index contributed by atoms with van der Waals surface area (Å²) in [6.07, 6.45) is 3.71. The topological polar surface area (TPSA) is 80.0 Å². The summed E-state index contributed by atoms with van der Waals surface area (Å²) < 4.78 is 0. The molecule has 0 unspecified atom stereocenters. The van der Waals surface area contributed by atoms with Crippen LogP contribution in [0.4, 0.5) is 5.69 Å². The second-order valence-electron chi connectivity index (χ2n) is 5.05. The van der Waals surface area contributed by atoms with Crippen molar-refractivity contribution in [3.63, 3.8) is 0 Å². The summed E-state index contributed by atoms with van der Waals surface area (Å²) in [4.78, 5) is 15.8. The number of rotatable bonds is 8. The number of amides is 1. The van der Waals surface area contributed by atoms with Crippen molar-refractivity contribution in [3.05, 3.63) is 24.0 Å². The molecule has 1 rings (SSSR count). The van der Waals surface area contributed by atoms with E-state index in [-0.39, 0.29) is 11.3 Å². The average Bonchev–Trinajstić information content (AvgIpc) is 2.50. The monoisotopic (exact) mass is 278 g/mol. The zero-order valence-electron chi connectivity index (χ0n) is 12.7. The smallest absolute Gasteiger partial charge is 0.269 e. The second kappa shape index (κ2) is 7.85. The van der Waals surface area contributed by atoms with E-state index in [1.165, 1.54) is 0 Å². The molecule has 0 saturated heterocycles. The van der Waals surface area contributed by atoms with E-state index in [2.05, 4.69) is 29.5 Å². The van der Waals surface area contributed by atoms with E-state index in [0.717, 1.165) is 25.1 Å². The standard InChI is InChI=1S/C15H26N4O/c1-4-15(5-2,10-16)11-19-12-7-8-18-13(9-12)14(20)17-6-3/h7-9H,4-6,10-11,16H2,1-3H3,(H,17,20)(H,18,19). The largest absolute Gasteiger partial charge is 0.384 e. The summed E-state index contributed by atoms with van der Waals surface area (Å²) in [6, 6.07) is 3.65. The van der Waals surface area contributed by atoms with Gasteiger partial charge in [-0.05, 0) is 43.9 Å². The fraction of sp³-hybridized carbons (Fsp3) is 0.600. The number of hydrogen-bond acceptors (Lipinski definition) is 4. The van der Waals surface area contributed by atoms with Crippen LogP contribution in [0.1, 0.15) is 44.1 Å². The molecule has 0 aliphatic rings. The van der Waals surface area contributed by atoms with E-state index >= 15 is 0 Å². The second-order valence-corrected chi connectivity index (χ2v) is 5.05. The van der Waals surface area contributed by atoms with Crippen molar-refractivity contribution in [2.24, 2.45) is 11.1 Å². The first-order valence-corrected chi connectivity index (χ1v) is 7.29. The van der Waals surface area contributed by atoms with Gasteiger partial charge in [0.25, 0.3) is 5.91 Å². The molecule has 0 atom stereocenters. The van der Waals surface area contributed by atoms with E-state index in [9.17, 15) is 4.79 Å². The van der Waals surface area contributed by atoms with Crippen LogP contribution in [0.15, 0.2) is 18.3 Å². The maximum Gasteiger partial charge on any atom is 0.269 e. The zero-order chi connectivity index (χ0) is 15.0. The van der Waals surface area contributed by atoms with Crippen molar-refractivity contribution >= 4 is 11.6 Å². The highest BCUT2D eigenvalue weighted by Crippen LogP contribution is 2.25. The minimum atomic E-state index is -0.146. The van der Waals surface area contributed by atoms with Gasteiger partial charge in [0.1, 0.15) is 5.69 Å². The number of nitrogens with zero attached hydrogens (tertiary/aromatic N) is 1. The van der Waals surface area contributed by atoms with Gasteiger partial charge in [0.15, 0.2) is 0 Å². The van der Waals surface area contributed by atoms with E-state index in [0.29, 0.717) is 18.8 Å². The summed E-state index contributed by atoms with van der Waals surface area (Å²) >= 11 is 0. The molecule has 0 spiro atoms. The number of pyridine rings is 1. The van der Waals surface area contributed by atoms with Crippen molar-refractivity contribution in [1.82, 2.24) is 10.3 Å². The third-order valence-corrected chi connectivity index (χ3v) is 3.93. The maximum atomic E-state index is 11.7. The van der Waals surface area contributed by atoms with Crippen LogP contribution in [0.5, 0.6) is 0 Å². The Morgan fingerprint density at radius 3 is 2.60 bits per heavy atom. The van der Waals surface area contributed by atoms with Crippen LogP contribution < -0.4 is 16.4 Å². The van der Waals surface area contributed by atoms with Crippen molar-refractivity contribution in [3.8, 4) is 0 Å². The molecule has 1 heterocycles. The Bertz CT molecular complexity index is 421. The van der Waals surface area contributed by atoms with Gasteiger partial charge in [-0.3, -0.25) is 9.78 Å². The van der Waals surface area contributed by atoms with E-state index in [4.69, 9.17) is 5.73 Å². The normalized spacial score (nSPS) is 11.2. The molecule has 0 saturated carbocycles. The minimum Gasteiger partial charge on any atom is -0.384 e. The molecule has 0 aromatic carbocycles. The fourth-order valence-corrected chi connectivity index (χ4v) is 2.07. The van der Waals surface area contributed by atoms with Gasteiger partial charge in [0.05, 0.1) is 0 Å². The number of nitrogens with one attached hydrogen (secondary N) is 2. The molecule has 4 N–H and O–H groups in total. The van der Waals surface area contributed by atoms with Crippen molar-refractivity contribution in [1.29, 1.82) is 0 Å². The van der Waals surface area contributed by atoms with Crippen molar-refractivity contribution in [2.75, 3.05) is 25.0 Å². The lowest BCUT2D eigenvalue weighted by molar-refractivity contribution is 0.0951. The van der Waals surface area contributed by atoms with Crippen LogP contribution in [-0.4, -0.2) is 30.5 Å². The average molecular weight is 278 g/mol. The molecule has 0 radical (unpaired) electrons. The number of nitrogens with two attached hydrogens (primary N) is 1. The predicted molar refractivity (Wildman–Crippen MR) is 82.8 cm³/mol. The van der Waals surface area contributed by atoms with Gasteiger partial charge >= 0.3 is 0 Å². The van der Waals surface area contributed by atoms with Crippen LogP contribution in [-0.2, 0) is 0 Å². The van der Waals surface area contributed by atoms with Crippen LogP contribution in [0.3, 0.4) is 0 Å². The Labute approximate surface area is 121 Å². The number of aromatic nitrogens is 1. The van der Waals surface area contributed by atoms with E-state index in [1.807, 2.05) is 13.0 Å². The summed E-state index contributed by atoms with van der Waals surface area (Å²) in [5, 5.41) is 6.12. The number of hydrogen-bond donors (Lipinski definition) is 3. The molecule has 1 aromatic heterocycles. The molecular formula is C15H26N4O. The lowest BCUT2D eigenvalue weighted by atomic mass is 9.82. The first-order chi connectivity index (χ1) is 9.60. The molecule has 5 heteroatoms. The van der Waals surface area contributed by atoms with E-state index < -0.39 is 0 Å². The summed E-state index contributed by atoms with van der Waals surface area (Å²) in [5.41, 5.74) is 7.34. The van der Waals surface area contributed by atoms with Crippen LogP contribution in [0.25, 0.3) is 0 Å². The highest BCUT2D eigenvalue weighted by molar-refractivity contribution is 5.93. The van der Waals surface area contributed by atoms with Gasteiger partial charge in [0, 0.05) is 25.0 Å². The van der Waals surface area contributed by atoms with Crippen LogP contribution >= 0.6 is 0 Å². The third kappa shape index (κ3) is 4.20. The maximum absolute atomic E-state index is 11.7. The van der Waals surface area contributed by atoms with Gasteiger partial charge < -0.3 is 16.4 Å². The molecule has 20 heavy (non-hydrogen) atoms. The predicted octanol–water partition coefficient (Wildman–Crippen LogP) is 2.01. The molecule has 0 fully saturated rings. The highest BCUT2D eigenvalue weighted by Gasteiger charge is 2.24. The SMILES string of the molecule is CCNC(=O)c1cc(NCC(CC)(CC)CN)ccn1. The Balaban J connectivity index is 2.73. The minimum absolute atomic E-state index is 0.106. The Kier molecular flexibility index (Phi) is 6.45. The zero-order valence-corrected chi connectivity index (χ0v) is 12.7. The lowest BCUT2D eigenvalue weighted by Crippen LogP contribution is -2.36. The fourth-order valence-electron chi connectivity index (χ4n) is 2.07. The van der Waals surface area contributed by atoms with E-state index in [1.54, 1.807) is 12.3 Å². The highest BCUT2D eigenvalue weighted by atomic mass is 16.1. The van der Waals surface area contributed by atoms with Gasteiger partial charge in [-0.15, -0.1) is 0 Å². The molecule has 5 nitrogen and oxygen atoms in total. The quantitative estimate of drug-likeness (QED) is 0.679. The molecule has 112 valence electrons. The summed E-state index contributed by atoms with van der Waals surface area (Å²) in [5.74, 6) is -0.146. The first-order valence-electron chi connectivity index (χ1n) is 7.29. The lowest BCUT2D eigenvalue weighted by Gasteiger charge is -2.30.